The Labute approximate surface area is 89.5 Å². The molecule has 4 heteroatoms. The van der Waals surface area contributed by atoms with Crippen molar-refractivity contribution in [2.45, 2.75) is 6.37 Å². The van der Waals surface area contributed by atoms with E-state index in [0.29, 0.717) is 0 Å². The molecule has 0 unspecified atom stereocenters. The Balaban J connectivity index is 0.00000256. The first-order valence-electron chi connectivity index (χ1n) is 5.36. The Morgan fingerprint density at radius 1 is 1.62 bits per heavy atom. The zero-order valence-electron chi connectivity index (χ0n) is 11.1. The first-order valence-corrected chi connectivity index (χ1v) is 3.36. The monoisotopic (exact) mass is 207 g/mol. The third-order valence-corrected chi connectivity index (χ3v) is 1.40. The van der Waals surface area contributed by atoms with Gasteiger partial charge in [0, 0.05) is 5.48 Å². The molecule has 3 nitrogen and oxygen atoms in total. The van der Waals surface area contributed by atoms with Crippen LogP contribution in [0.3, 0.4) is 0 Å². The molecule has 0 radical (unpaired) electrons. The van der Waals surface area contributed by atoms with E-state index in [1.807, 2.05) is 0 Å². The summed E-state index contributed by atoms with van der Waals surface area (Å²) in [5.74, 6) is -0.0646. The summed E-state index contributed by atoms with van der Waals surface area (Å²) in [6, 6.07) is 3.72. The lowest BCUT2D eigenvalue weighted by molar-refractivity contribution is 0.373. The van der Waals surface area contributed by atoms with Crippen molar-refractivity contribution in [2.24, 2.45) is 5.73 Å². The Bertz CT molecular complexity index is 395. The average molecular weight is 208 g/mol. The molecule has 0 aliphatic carbocycles. The van der Waals surface area contributed by atoms with E-state index in [2.05, 4.69) is 0 Å². The molecular weight excluding hydrogens is 190 g/mol. The minimum atomic E-state index is -2.52. The van der Waals surface area contributed by atoms with Crippen LogP contribution in [0, 0.1) is 0 Å². The van der Waals surface area contributed by atoms with Crippen LogP contribution in [-0.2, 0) is 6.37 Å². The molecule has 0 heterocycles. The highest BCUT2D eigenvalue weighted by Gasteiger charge is 2.00. The summed E-state index contributed by atoms with van der Waals surface area (Å²) in [6.07, 6.45) is -2.37. The van der Waals surface area contributed by atoms with E-state index >= 15 is 0 Å². The largest absolute Gasteiger partial charge is 0.504 e. The zero-order chi connectivity index (χ0) is 12.6. The topological polar surface area (TPSA) is 55.5 Å². The van der Waals surface area contributed by atoms with Crippen LogP contribution in [0.25, 0.3) is 0 Å². The molecule has 0 saturated heterocycles. The zero-order valence-corrected chi connectivity index (χ0v) is 7.89. The fourth-order valence-corrected chi connectivity index (χ4v) is 0.839. The minimum Gasteiger partial charge on any atom is -0.504 e. The Hall–Kier alpha value is -0.930. The normalized spacial score (nSPS) is 15.8. The number of phenols is 1. The third kappa shape index (κ3) is 3.13. The molecule has 0 amide bonds. The van der Waals surface area contributed by atoms with Gasteiger partial charge in [-0.25, -0.2) is 0 Å². The van der Waals surface area contributed by atoms with Gasteiger partial charge in [-0.3, -0.25) is 0 Å². The number of rotatable bonds is 3. The number of hydrogen-bond acceptors (Lipinski definition) is 3. The van der Waals surface area contributed by atoms with E-state index in [1.54, 1.807) is 0 Å². The number of nitrogens with two attached hydrogens (primary N) is 1. The summed E-state index contributed by atoms with van der Waals surface area (Å²) in [4.78, 5) is 0. The number of phenolic OH excluding ortho intramolecular Hbond substituents is 1. The highest BCUT2D eigenvalue weighted by molar-refractivity contribution is 5.85. The maximum atomic E-state index is 9.33. The van der Waals surface area contributed by atoms with Gasteiger partial charge >= 0.3 is 0 Å². The molecule has 3 N–H and O–H groups in total. The predicted molar refractivity (Wildman–Crippen MR) is 54.7 cm³/mol. The summed E-state index contributed by atoms with van der Waals surface area (Å²) >= 11 is 0. The van der Waals surface area contributed by atoms with Gasteiger partial charge in [0.15, 0.2) is 11.5 Å². The van der Waals surface area contributed by atoms with E-state index in [4.69, 9.17) is 16.0 Å². The number of benzene rings is 1. The maximum Gasteiger partial charge on any atom is 0.160 e. The molecule has 0 saturated carbocycles. The average Bonchev–Trinajstić information content (AvgIpc) is 2.16. The molecule has 0 aliphatic rings. The molecule has 0 aliphatic heterocycles. The fourth-order valence-electron chi connectivity index (χ4n) is 0.839. The van der Waals surface area contributed by atoms with Gasteiger partial charge in [0.05, 0.1) is 7.11 Å². The summed E-state index contributed by atoms with van der Waals surface area (Å²) in [6.45, 7) is -2.52. The van der Waals surface area contributed by atoms with Gasteiger partial charge in [-0.05, 0) is 30.6 Å². The maximum absolute atomic E-state index is 9.33. The Kier molecular flexibility index (Phi) is 2.84. The van der Waals surface area contributed by atoms with Crippen molar-refractivity contribution in [1.29, 1.82) is 0 Å². The van der Waals surface area contributed by atoms with Crippen molar-refractivity contribution in [1.82, 2.24) is 0 Å². The van der Waals surface area contributed by atoms with Crippen LogP contribution in [0.5, 0.6) is 11.5 Å². The molecule has 13 heavy (non-hydrogen) atoms. The molecule has 1 aromatic carbocycles. The number of aryl methyl sites for hydroxylation is 1. The van der Waals surface area contributed by atoms with E-state index in [1.165, 1.54) is 25.3 Å². The molecular formula is C9H14ClNO2. The first-order chi connectivity index (χ1) is 7.20. The van der Waals surface area contributed by atoms with Crippen molar-refractivity contribution in [2.75, 3.05) is 13.6 Å². The van der Waals surface area contributed by atoms with Crippen molar-refractivity contribution in [3.8, 4) is 11.5 Å². The van der Waals surface area contributed by atoms with Crippen LogP contribution >= 0.6 is 12.4 Å². The Morgan fingerprint density at radius 2 is 2.31 bits per heavy atom. The van der Waals surface area contributed by atoms with Gasteiger partial charge in [-0.15, -0.1) is 12.4 Å². The van der Waals surface area contributed by atoms with E-state index in [9.17, 15) is 5.11 Å². The van der Waals surface area contributed by atoms with Gasteiger partial charge < -0.3 is 15.6 Å². The summed E-state index contributed by atoms with van der Waals surface area (Å²) < 4.78 is 34.4. The molecule has 0 spiro atoms. The van der Waals surface area contributed by atoms with Crippen molar-refractivity contribution >= 4 is 12.4 Å². The SMILES string of the molecule is Cl.[2H]C([2H])(N)C([2H])([2H])c1ccc(O)c(OC)c1. The van der Waals surface area contributed by atoms with Crippen LogP contribution < -0.4 is 10.5 Å². The van der Waals surface area contributed by atoms with E-state index < -0.39 is 12.9 Å². The first kappa shape index (κ1) is 6.51. The van der Waals surface area contributed by atoms with Crippen LogP contribution in [0.2, 0.25) is 0 Å². The van der Waals surface area contributed by atoms with Crippen LogP contribution in [0.15, 0.2) is 18.2 Å². The summed E-state index contributed by atoms with van der Waals surface area (Å²) in [5.41, 5.74) is 5.14. The van der Waals surface area contributed by atoms with Crippen LogP contribution in [0.4, 0.5) is 0 Å². The third-order valence-electron chi connectivity index (χ3n) is 1.40. The molecule has 1 aromatic rings. The van der Waals surface area contributed by atoms with Crippen molar-refractivity contribution < 1.29 is 15.3 Å². The Morgan fingerprint density at radius 3 is 2.85 bits per heavy atom. The number of methoxy groups -OCH3 is 1. The molecule has 0 atom stereocenters. The quantitative estimate of drug-likeness (QED) is 0.786. The van der Waals surface area contributed by atoms with E-state index in [-0.39, 0.29) is 29.5 Å². The van der Waals surface area contributed by atoms with Crippen LogP contribution in [-0.4, -0.2) is 18.7 Å². The molecule has 74 valence electrons. The standard InChI is InChI=1S/C9H13NO2.ClH/c1-12-9-6-7(4-5-10)2-3-8(9)11;/h2-3,6,11H,4-5,10H2,1H3;1H/i4D2,5D2;. The second kappa shape index (κ2) is 5.67. The van der Waals surface area contributed by atoms with Gasteiger partial charge in [-0.1, -0.05) is 6.07 Å². The highest BCUT2D eigenvalue weighted by Crippen LogP contribution is 2.26. The predicted octanol–water partition coefficient (Wildman–Crippen LogP) is 1.32. The van der Waals surface area contributed by atoms with Gasteiger partial charge in [-0.2, -0.15) is 0 Å². The molecule has 0 bridgehead atoms. The molecule has 1 rings (SSSR count). The molecule has 0 aromatic heterocycles. The summed E-state index contributed by atoms with van der Waals surface area (Å²) in [7, 11) is 1.32. The lowest BCUT2D eigenvalue weighted by atomic mass is 10.1. The number of hydrogen-bond donors (Lipinski definition) is 2. The number of aromatic hydroxyl groups is 1. The lowest BCUT2D eigenvalue weighted by Crippen LogP contribution is -2.02. The lowest BCUT2D eigenvalue weighted by Gasteiger charge is -2.05. The van der Waals surface area contributed by atoms with Crippen molar-refractivity contribution in [3.63, 3.8) is 0 Å². The van der Waals surface area contributed by atoms with E-state index in [0.717, 1.165) is 0 Å². The second-order valence-electron chi connectivity index (χ2n) is 2.16. The number of ether oxygens (including phenoxy) is 1. The second-order valence-corrected chi connectivity index (χ2v) is 2.16. The summed E-state index contributed by atoms with van der Waals surface area (Å²) in [5, 5.41) is 9.33. The van der Waals surface area contributed by atoms with Crippen LogP contribution in [0.1, 0.15) is 11.0 Å². The van der Waals surface area contributed by atoms with Gasteiger partial charge in [0.2, 0.25) is 0 Å². The number of halogens is 1. The van der Waals surface area contributed by atoms with Gasteiger partial charge in [0.1, 0.15) is 0 Å². The fraction of sp³-hybridized carbons (Fsp3) is 0.333. The van der Waals surface area contributed by atoms with Crippen molar-refractivity contribution in [3.05, 3.63) is 23.8 Å². The van der Waals surface area contributed by atoms with Gasteiger partial charge in [0.25, 0.3) is 0 Å². The highest BCUT2D eigenvalue weighted by atomic mass is 35.5. The molecule has 0 fully saturated rings. The smallest absolute Gasteiger partial charge is 0.160 e. The minimum absolute atomic E-state index is 0.